The fraction of sp³-hybridized carbons (Fsp3) is 0.333. The van der Waals surface area contributed by atoms with E-state index in [4.69, 9.17) is 0 Å². The summed E-state index contributed by atoms with van der Waals surface area (Å²) in [5.41, 5.74) is -0.0205. The third-order valence-corrected chi connectivity index (χ3v) is 5.79. The Morgan fingerprint density at radius 3 is 1.67 bits per heavy atom. The van der Waals surface area contributed by atoms with Gasteiger partial charge in [-0.15, -0.1) is 22.7 Å². The SMILES string of the molecule is CC(C)(c1cnc(Br)s1)c1cnc(Br)s1. The second-order valence-corrected chi connectivity index (χ2v) is 8.19. The van der Waals surface area contributed by atoms with Gasteiger partial charge in [-0.05, 0) is 45.7 Å². The van der Waals surface area contributed by atoms with Crippen LogP contribution in [0.25, 0.3) is 0 Å². The molecule has 2 rings (SSSR count). The highest BCUT2D eigenvalue weighted by atomic mass is 79.9. The van der Waals surface area contributed by atoms with Crippen LogP contribution in [0.4, 0.5) is 0 Å². The minimum Gasteiger partial charge on any atom is -0.237 e. The summed E-state index contributed by atoms with van der Waals surface area (Å²) in [5.74, 6) is 0. The fourth-order valence-corrected chi connectivity index (χ4v) is 4.04. The molecule has 0 aliphatic rings. The molecule has 0 saturated heterocycles. The van der Waals surface area contributed by atoms with Gasteiger partial charge in [-0.1, -0.05) is 0 Å². The highest BCUT2D eigenvalue weighted by Gasteiger charge is 2.27. The maximum Gasteiger partial charge on any atom is 0.159 e. The first kappa shape index (κ1) is 11.7. The van der Waals surface area contributed by atoms with Gasteiger partial charge in [0, 0.05) is 27.6 Å². The molecular formula is C9H8Br2N2S2. The van der Waals surface area contributed by atoms with Crippen molar-refractivity contribution in [1.82, 2.24) is 9.97 Å². The maximum absolute atomic E-state index is 4.22. The standard InChI is InChI=1S/C9H8Br2N2S2/c1-9(2,5-3-12-7(10)14-5)6-4-13-8(11)15-6/h3-4H,1-2H3. The lowest BCUT2D eigenvalue weighted by Gasteiger charge is -2.20. The second kappa shape index (κ2) is 4.24. The molecule has 80 valence electrons. The monoisotopic (exact) mass is 366 g/mol. The zero-order valence-corrected chi connectivity index (χ0v) is 12.9. The molecule has 0 saturated carbocycles. The van der Waals surface area contributed by atoms with Crippen LogP contribution in [0, 0.1) is 0 Å². The first-order valence-electron chi connectivity index (χ1n) is 4.24. The van der Waals surface area contributed by atoms with Gasteiger partial charge in [0.1, 0.15) is 0 Å². The lowest BCUT2D eigenvalue weighted by Crippen LogP contribution is -2.15. The molecule has 0 fully saturated rings. The average Bonchev–Trinajstić information content (AvgIpc) is 2.74. The molecule has 0 atom stereocenters. The molecule has 0 aliphatic heterocycles. The molecule has 0 bridgehead atoms. The summed E-state index contributed by atoms with van der Waals surface area (Å²) in [6, 6.07) is 0. The summed E-state index contributed by atoms with van der Waals surface area (Å²) in [4.78, 5) is 10.9. The summed E-state index contributed by atoms with van der Waals surface area (Å²) in [5, 5.41) is 0. The molecule has 6 heteroatoms. The van der Waals surface area contributed by atoms with Crippen molar-refractivity contribution in [3.63, 3.8) is 0 Å². The van der Waals surface area contributed by atoms with E-state index in [0.29, 0.717) is 0 Å². The van der Waals surface area contributed by atoms with Gasteiger partial charge in [0.2, 0.25) is 0 Å². The predicted octanol–water partition coefficient (Wildman–Crippen LogP) is 4.45. The van der Waals surface area contributed by atoms with E-state index >= 15 is 0 Å². The molecule has 0 N–H and O–H groups in total. The van der Waals surface area contributed by atoms with Crippen LogP contribution in [0.3, 0.4) is 0 Å². The lowest BCUT2D eigenvalue weighted by atomic mass is 9.91. The molecule has 0 radical (unpaired) electrons. The molecule has 15 heavy (non-hydrogen) atoms. The number of aromatic nitrogens is 2. The number of nitrogens with zero attached hydrogens (tertiary/aromatic N) is 2. The van der Waals surface area contributed by atoms with Crippen molar-refractivity contribution in [1.29, 1.82) is 0 Å². The lowest BCUT2D eigenvalue weighted by molar-refractivity contribution is 0.667. The van der Waals surface area contributed by atoms with Crippen molar-refractivity contribution in [2.75, 3.05) is 0 Å². The molecule has 0 aliphatic carbocycles. The van der Waals surface area contributed by atoms with Gasteiger partial charge in [-0.25, -0.2) is 9.97 Å². The number of rotatable bonds is 2. The van der Waals surface area contributed by atoms with E-state index in [1.165, 1.54) is 9.75 Å². The zero-order chi connectivity index (χ0) is 11.1. The molecule has 0 amide bonds. The fourth-order valence-electron chi connectivity index (χ4n) is 1.20. The van der Waals surface area contributed by atoms with Gasteiger partial charge in [-0.3, -0.25) is 0 Å². The Morgan fingerprint density at radius 2 is 1.40 bits per heavy atom. The van der Waals surface area contributed by atoms with Gasteiger partial charge in [0.05, 0.1) is 0 Å². The Kier molecular flexibility index (Phi) is 3.30. The molecule has 0 aromatic carbocycles. The van der Waals surface area contributed by atoms with E-state index in [2.05, 4.69) is 55.7 Å². The van der Waals surface area contributed by atoms with Gasteiger partial charge < -0.3 is 0 Å². The smallest absolute Gasteiger partial charge is 0.159 e. The summed E-state index contributed by atoms with van der Waals surface area (Å²) >= 11 is 10.1. The first-order valence-corrected chi connectivity index (χ1v) is 7.45. The Morgan fingerprint density at radius 1 is 1.00 bits per heavy atom. The Hall–Kier alpha value is 0.220. The van der Waals surface area contributed by atoms with Crippen LogP contribution in [-0.2, 0) is 5.41 Å². The van der Waals surface area contributed by atoms with Crippen molar-refractivity contribution in [3.05, 3.63) is 30.0 Å². The van der Waals surface area contributed by atoms with Crippen molar-refractivity contribution in [2.45, 2.75) is 19.3 Å². The number of thiazole rings is 2. The summed E-state index contributed by atoms with van der Waals surface area (Å²) < 4.78 is 1.85. The quantitative estimate of drug-likeness (QED) is 0.783. The number of halogens is 2. The Balaban J connectivity index is 2.42. The third-order valence-electron chi connectivity index (χ3n) is 2.19. The van der Waals surface area contributed by atoms with Crippen LogP contribution >= 0.6 is 54.5 Å². The summed E-state index contributed by atoms with van der Waals surface area (Å²) in [6.07, 6.45) is 3.84. The van der Waals surface area contributed by atoms with Crippen LogP contribution in [0.15, 0.2) is 20.2 Å². The van der Waals surface area contributed by atoms with E-state index in [9.17, 15) is 0 Å². The third kappa shape index (κ3) is 2.33. The summed E-state index contributed by atoms with van der Waals surface area (Å²) in [7, 11) is 0. The van der Waals surface area contributed by atoms with Gasteiger partial charge in [0.15, 0.2) is 7.83 Å². The van der Waals surface area contributed by atoms with Gasteiger partial charge in [-0.2, -0.15) is 0 Å². The van der Waals surface area contributed by atoms with Crippen molar-refractivity contribution < 1.29 is 0 Å². The van der Waals surface area contributed by atoms with Crippen LogP contribution in [0.2, 0.25) is 0 Å². The van der Waals surface area contributed by atoms with E-state index in [0.717, 1.165) is 7.83 Å². The van der Waals surface area contributed by atoms with Crippen LogP contribution in [0.1, 0.15) is 23.6 Å². The topological polar surface area (TPSA) is 25.8 Å². The van der Waals surface area contributed by atoms with Gasteiger partial charge >= 0.3 is 0 Å². The second-order valence-electron chi connectivity index (χ2n) is 3.58. The Bertz CT molecular complexity index is 434. The molecule has 2 heterocycles. The molecule has 2 aromatic rings. The molecule has 0 spiro atoms. The normalized spacial score (nSPS) is 12.0. The van der Waals surface area contributed by atoms with Crippen molar-refractivity contribution in [2.24, 2.45) is 0 Å². The minimum absolute atomic E-state index is 0.0205. The molecule has 2 nitrogen and oxygen atoms in total. The molecule has 0 unspecified atom stereocenters. The number of hydrogen-bond donors (Lipinski definition) is 0. The largest absolute Gasteiger partial charge is 0.237 e. The highest BCUT2D eigenvalue weighted by Crippen LogP contribution is 2.39. The maximum atomic E-state index is 4.22. The van der Waals surface area contributed by atoms with Gasteiger partial charge in [0.25, 0.3) is 0 Å². The first-order chi connectivity index (χ1) is 7.00. The predicted molar refractivity (Wildman–Crippen MR) is 71.8 cm³/mol. The van der Waals surface area contributed by atoms with Crippen LogP contribution in [0.5, 0.6) is 0 Å². The van der Waals surface area contributed by atoms with Crippen LogP contribution < -0.4 is 0 Å². The van der Waals surface area contributed by atoms with E-state index in [1.54, 1.807) is 22.7 Å². The van der Waals surface area contributed by atoms with E-state index in [1.807, 2.05) is 12.4 Å². The minimum atomic E-state index is -0.0205. The zero-order valence-electron chi connectivity index (χ0n) is 8.12. The molecule has 2 aromatic heterocycles. The number of hydrogen-bond acceptors (Lipinski definition) is 4. The van der Waals surface area contributed by atoms with Crippen molar-refractivity contribution in [3.8, 4) is 0 Å². The summed E-state index contributed by atoms with van der Waals surface area (Å²) in [6.45, 7) is 4.37. The molecular weight excluding hydrogens is 360 g/mol. The average molecular weight is 368 g/mol. The van der Waals surface area contributed by atoms with E-state index < -0.39 is 0 Å². The van der Waals surface area contributed by atoms with E-state index in [-0.39, 0.29) is 5.41 Å². The van der Waals surface area contributed by atoms with Crippen molar-refractivity contribution >= 4 is 54.5 Å². The highest BCUT2D eigenvalue weighted by molar-refractivity contribution is 9.11. The van der Waals surface area contributed by atoms with Crippen LogP contribution in [-0.4, -0.2) is 9.97 Å². The Labute approximate surface area is 113 Å².